The number of nitrogens with one attached hydrogen (secondary N) is 1. The number of hydrogen-bond donors (Lipinski definition) is 1. The van der Waals surface area contributed by atoms with Crippen molar-refractivity contribution in [2.24, 2.45) is 0 Å². The predicted octanol–water partition coefficient (Wildman–Crippen LogP) is 2.68. The van der Waals surface area contributed by atoms with Crippen LogP contribution in [0.5, 0.6) is 0 Å². The average Bonchev–Trinajstić information content (AvgIpc) is 2.65. The molecule has 7 heteroatoms. The highest BCUT2D eigenvalue weighted by atomic mass is 35.5. The fraction of sp³-hybridized carbons (Fsp3) is 0.333. The highest BCUT2D eigenvalue weighted by Gasteiger charge is 2.24. The third-order valence-corrected chi connectivity index (χ3v) is 4.44. The van der Waals surface area contributed by atoms with E-state index in [1.807, 2.05) is 12.1 Å². The van der Waals surface area contributed by atoms with E-state index in [4.69, 9.17) is 16.3 Å². The molecule has 0 spiro atoms. The minimum Gasteiger partial charge on any atom is -0.379 e. The summed E-state index contributed by atoms with van der Waals surface area (Å²) in [4.78, 5) is 18.7. The Bertz CT molecular complexity index is 724. The van der Waals surface area contributed by atoms with Gasteiger partial charge in [0.1, 0.15) is 5.82 Å². The van der Waals surface area contributed by atoms with Crippen molar-refractivity contribution in [3.63, 3.8) is 0 Å². The van der Waals surface area contributed by atoms with Crippen LogP contribution in [0.1, 0.15) is 22.0 Å². The fourth-order valence-electron chi connectivity index (χ4n) is 2.89. The molecule has 1 aliphatic rings. The van der Waals surface area contributed by atoms with Crippen molar-refractivity contribution in [3.05, 3.63) is 64.7 Å². The van der Waals surface area contributed by atoms with E-state index in [0.717, 1.165) is 18.7 Å². The van der Waals surface area contributed by atoms with Crippen LogP contribution >= 0.6 is 11.6 Å². The van der Waals surface area contributed by atoms with Gasteiger partial charge in [0.05, 0.1) is 24.8 Å². The van der Waals surface area contributed by atoms with Gasteiger partial charge in [-0.3, -0.25) is 14.7 Å². The maximum absolute atomic E-state index is 13.9. The molecular formula is C18H19ClFN3O2. The van der Waals surface area contributed by atoms with E-state index in [2.05, 4.69) is 15.2 Å². The van der Waals surface area contributed by atoms with Crippen molar-refractivity contribution in [1.82, 2.24) is 15.2 Å². The number of nitrogens with zero attached hydrogens (tertiary/aromatic N) is 2. The van der Waals surface area contributed by atoms with Crippen LogP contribution in [0.4, 0.5) is 4.39 Å². The quantitative estimate of drug-likeness (QED) is 0.887. The minimum atomic E-state index is -0.589. The van der Waals surface area contributed by atoms with Gasteiger partial charge in [-0.25, -0.2) is 4.39 Å². The number of carbonyl (C=O) groups excluding carboxylic acids is 1. The molecule has 25 heavy (non-hydrogen) atoms. The second-order valence-corrected chi connectivity index (χ2v) is 6.22. The Kier molecular flexibility index (Phi) is 5.96. The molecule has 0 radical (unpaired) electrons. The third-order valence-electron chi connectivity index (χ3n) is 4.21. The molecule has 0 saturated carbocycles. The molecule has 0 unspecified atom stereocenters. The number of ether oxygens (including phenoxy) is 1. The number of pyridine rings is 1. The van der Waals surface area contributed by atoms with Gasteiger partial charge in [-0.1, -0.05) is 11.6 Å². The maximum Gasteiger partial charge on any atom is 0.254 e. The van der Waals surface area contributed by atoms with Gasteiger partial charge in [0.2, 0.25) is 0 Å². The summed E-state index contributed by atoms with van der Waals surface area (Å²) >= 11 is 5.87. The molecule has 1 fully saturated rings. The molecular weight excluding hydrogens is 345 g/mol. The first kappa shape index (κ1) is 17.8. The van der Waals surface area contributed by atoms with Gasteiger partial charge in [0.15, 0.2) is 0 Å². The summed E-state index contributed by atoms with van der Waals surface area (Å²) < 4.78 is 19.3. The number of morpholine rings is 1. The summed E-state index contributed by atoms with van der Waals surface area (Å²) in [7, 11) is 0. The van der Waals surface area contributed by atoms with Crippen LogP contribution in [0.2, 0.25) is 5.02 Å². The second-order valence-electron chi connectivity index (χ2n) is 5.78. The zero-order valence-electron chi connectivity index (χ0n) is 13.6. The highest BCUT2D eigenvalue weighted by molar-refractivity contribution is 6.31. The molecule has 1 atom stereocenters. The van der Waals surface area contributed by atoms with Crippen molar-refractivity contribution in [3.8, 4) is 0 Å². The molecule has 5 nitrogen and oxygen atoms in total. The Balaban J connectivity index is 1.74. The number of carbonyl (C=O) groups is 1. The summed E-state index contributed by atoms with van der Waals surface area (Å²) in [6.45, 7) is 3.20. The molecule has 2 heterocycles. The van der Waals surface area contributed by atoms with Gasteiger partial charge < -0.3 is 10.1 Å². The van der Waals surface area contributed by atoms with Crippen LogP contribution in [0.3, 0.4) is 0 Å². The fourth-order valence-corrected chi connectivity index (χ4v) is 3.06. The number of aromatic nitrogens is 1. The van der Waals surface area contributed by atoms with E-state index in [-0.39, 0.29) is 11.6 Å². The van der Waals surface area contributed by atoms with Gasteiger partial charge in [0, 0.05) is 37.1 Å². The Morgan fingerprint density at radius 3 is 2.72 bits per heavy atom. The van der Waals surface area contributed by atoms with Crippen LogP contribution in [0.25, 0.3) is 0 Å². The first-order valence-corrected chi connectivity index (χ1v) is 8.48. The summed E-state index contributed by atoms with van der Waals surface area (Å²) in [6.07, 6.45) is 3.45. The molecule has 132 valence electrons. The molecule has 1 aromatic heterocycles. The zero-order chi connectivity index (χ0) is 17.6. The topological polar surface area (TPSA) is 54.5 Å². The van der Waals surface area contributed by atoms with E-state index in [1.54, 1.807) is 12.4 Å². The summed E-state index contributed by atoms with van der Waals surface area (Å²) in [5.41, 5.74) is 0.992. The molecule has 1 amide bonds. The molecule has 2 aromatic rings. The van der Waals surface area contributed by atoms with E-state index in [1.165, 1.54) is 18.2 Å². The lowest BCUT2D eigenvalue weighted by Crippen LogP contribution is -2.43. The molecule has 3 rings (SSSR count). The first-order valence-electron chi connectivity index (χ1n) is 8.10. The normalized spacial score (nSPS) is 16.4. The van der Waals surface area contributed by atoms with Crippen molar-refractivity contribution < 1.29 is 13.9 Å². The van der Waals surface area contributed by atoms with Crippen molar-refractivity contribution in [1.29, 1.82) is 0 Å². The van der Waals surface area contributed by atoms with Gasteiger partial charge in [-0.05, 0) is 35.9 Å². The second kappa shape index (κ2) is 8.38. The smallest absolute Gasteiger partial charge is 0.254 e. The van der Waals surface area contributed by atoms with Gasteiger partial charge >= 0.3 is 0 Å². The number of hydrogen-bond acceptors (Lipinski definition) is 4. The van der Waals surface area contributed by atoms with E-state index < -0.39 is 11.7 Å². The maximum atomic E-state index is 13.9. The highest BCUT2D eigenvalue weighted by Crippen LogP contribution is 2.21. The Hall–Kier alpha value is -2.02. The van der Waals surface area contributed by atoms with E-state index in [9.17, 15) is 9.18 Å². The van der Waals surface area contributed by atoms with Gasteiger partial charge in [-0.15, -0.1) is 0 Å². The van der Waals surface area contributed by atoms with Crippen molar-refractivity contribution >= 4 is 17.5 Å². The van der Waals surface area contributed by atoms with Gasteiger partial charge in [0.25, 0.3) is 5.91 Å². The van der Waals surface area contributed by atoms with E-state index >= 15 is 0 Å². The Morgan fingerprint density at radius 2 is 2.00 bits per heavy atom. The van der Waals surface area contributed by atoms with Crippen LogP contribution < -0.4 is 5.32 Å². The molecule has 1 aromatic carbocycles. The zero-order valence-corrected chi connectivity index (χ0v) is 14.4. The SMILES string of the molecule is O=C(NC[C@H](c1ccncc1)N1CCOCC1)c1cc(Cl)ccc1F. The van der Waals surface area contributed by atoms with Crippen LogP contribution in [-0.4, -0.2) is 48.6 Å². The molecule has 1 N–H and O–H groups in total. The number of rotatable bonds is 5. The van der Waals surface area contributed by atoms with Crippen molar-refractivity contribution in [2.45, 2.75) is 6.04 Å². The summed E-state index contributed by atoms with van der Waals surface area (Å²) in [5.74, 6) is -1.07. The van der Waals surface area contributed by atoms with Crippen molar-refractivity contribution in [2.75, 3.05) is 32.8 Å². The third kappa shape index (κ3) is 4.54. The molecule has 0 bridgehead atoms. The van der Waals surface area contributed by atoms with E-state index in [0.29, 0.717) is 24.8 Å². The molecule has 0 aliphatic carbocycles. The average molecular weight is 364 g/mol. The lowest BCUT2D eigenvalue weighted by molar-refractivity contribution is 0.0162. The summed E-state index contributed by atoms with van der Waals surface area (Å²) in [6, 6.07) is 7.76. The van der Waals surface area contributed by atoms with Crippen LogP contribution in [-0.2, 0) is 4.74 Å². The minimum absolute atomic E-state index is 0.0295. The standard InChI is InChI=1S/C18H19ClFN3O2/c19-14-1-2-16(20)15(11-14)18(24)22-12-17(13-3-5-21-6-4-13)23-7-9-25-10-8-23/h1-6,11,17H,7-10,12H2,(H,22,24)/t17-/m1/s1. The van der Waals surface area contributed by atoms with Crippen LogP contribution in [0, 0.1) is 5.82 Å². The lowest BCUT2D eigenvalue weighted by atomic mass is 10.1. The number of halogens is 2. The largest absolute Gasteiger partial charge is 0.379 e. The monoisotopic (exact) mass is 363 g/mol. The number of amides is 1. The Labute approximate surface area is 150 Å². The van der Waals surface area contributed by atoms with Gasteiger partial charge in [-0.2, -0.15) is 0 Å². The molecule has 1 saturated heterocycles. The Morgan fingerprint density at radius 1 is 1.28 bits per heavy atom. The lowest BCUT2D eigenvalue weighted by Gasteiger charge is -2.34. The van der Waals surface area contributed by atoms with Crippen LogP contribution in [0.15, 0.2) is 42.7 Å². The number of benzene rings is 1. The predicted molar refractivity (Wildman–Crippen MR) is 93.1 cm³/mol. The first-order chi connectivity index (χ1) is 12.1. The molecule has 1 aliphatic heterocycles. The summed E-state index contributed by atoms with van der Waals surface area (Å²) in [5, 5.41) is 3.15.